The molecule has 2 atom stereocenters. The lowest BCUT2D eigenvalue weighted by Crippen LogP contribution is -2.50. The van der Waals surface area contributed by atoms with Crippen molar-refractivity contribution in [2.45, 2.75) is 25.2 Å². The molecular weight excluding hydrogens is 323 g/mol. The van der Waals surface area contributed by atoms with E-state index >= 15 is 0 Å². The number of hydrogen-bond acceptors (Lipinski definition) is 4. The molecular formula is C15H14ClFN4O2. The van der Waals surface area contributed by atoms with Gasteiger partial charge in [0.25, 0.3) is 5.91 Å². The molecule has 8 heteroatoms. The molecule has 1 aromatic heterocycles. The summed E-state index contributed by atoms with van der Waals surface area (Å²) in [6, 6.07) is 4.06. The fraction of sp³-hybridized carbons (Fsp3) is 0.400. The summed E-state index contributed by atoms with van der Waals surface area (Å²) in [6.07, 6.45) is 2.22. The van der Waals surface area contributed by atoms with Gasteiger partial charge < -0.3 is 9.64 Å². The van der Waals surface area contributed by atoms with Crippen LogP contribution >= 0.6 is 11.6 Å². The van der Waals surface area contributed by atoms with Crippen LogP contribution in [0.4, 0.5) is 4.39 Å². The van der Waals surface area contributed by atoms with Crippen LogP contribution < -0.4 is 0 Å². The van der Waals surface area contributed by atoms with Crippen molar-refractivity contribution in [3.8, 4) is 0 Å². The minimum Gasteiger partial charge on any atom is -0.368 e. The highest BCUT2D eigenvalue weighted by atomic mass is 35.5. The molecule has 0 bridgehead atoms. The molecule has 0 unspecified atom stereocenters. The normalized spacial score (nSPS) is 23.3. The number of piperidine rings is 1. The van der Waals surface area contributed by atoms with Gasteiger partial charge in [0, 0.05) is 18.1 Å². The van der Waals surface area contributed by atoms with Gasteiger partial charge in [-0.2, -0.15) is 0 Å². The third-order valence-corrected chi connectivity index (χ3v) is 4.61. The Morgan fingerprint density at radius 3 is 3.17 bits per heavy atom. The lowest BCUT2D eigenvalue weighted by atomic mass is 9.99. The van der Waals surface area contributed by atoms with Gasteiger partial charge in [-0.3, -0.25) is 4.79 Å². The standard InChI is InChI=1S/C15H14ClFN4O2/c16-9-1-2-12(17)11(5-9)15(22)20-4-3-13-14(7-20)23-8-10-6-18-19-21(10)13/h1-2,5-6,13-14H,3-4,7-8H2/t13-,14-/m0/s1. The van der Waals surface area contributed by atoms with Gasteiger partial charge in [0.15, 0.2) is 0 Å². The molecule has 1 aromatic carbocycles. The summed E-state index contributed by atoms with van der Waals surface area (Å²) in [7, 11) is 0. The number of benzene rings is 1. The summed E-state index contributed by atoms with van der Waals surface area (Å²) in [5.74, 6) is -0.930. The van der Waals surface area contributed by atoms with Crippen LogP contribution in [0.2, 0.25) is 5.02 Å². The van der Waals surface area contributed by atoms with Crippen molar-refractivity contribution in [2.75, 3.05) is 13.1 Å². The van der Waals surface area contributed by atoms with Crippen LogP contribution in [0.1, 0.15) is 28.5 Å². The van der Waals surface area contributed by atoms with E-state index in [0.29, 0.717) is 31.1 Å². The predicted octanol–water partition coefficient (Wildman–Crippen LogP) is 2.06. The highest BCUT2D eigenvalue weighted by molar-refractivity contribution is 6.31. The van der Waals surface area contributed by atoms with Gasteiger partial charge in [-0.15, -0.1) is 5.10 Å². The number of hydrogen-bond donors (Lipinski definition) is 0. The molecule has 6 nitrogen and oxygen atoms in total. The molecule has 1 amide bonds. The van der Waals surface area contributed by atoms with Crippen molar-refractivity contribution in [3.63, 3.8) is 0 Å². The van der Waals surface area contributed by atoms with Gasteiger partial charge in [0.2, 0.25) is 0 Å². The first-order valence-corrected chi connectivity index (χ1v) is 7.76. The monoisotopic (exact) mass is 336 g/mol. The number of carbonyl (C=O) groups excluding carboxylic acids is 1. The Bertz CT molecular complexity index is 766. The molecule has 2 aromatic rings. The highest BCUT2D eigenvalue weighted by Gasteiger charge is 2.38. The van der Waals surface area contributed by atoms with Gasteiger partial charge in [-0.1, -0.05) is 16.8 Å². The molecule has 0 saturated carbocycles. The highest BCUT2D eigenvalue weighted by Crippen LogP contribution is 2.31. The zero-order chi connectivity index (χ0) is 16.0. The fourth-order valence-electron chi connectivity index (χ4n) is 3.20. The minimum atomic E-state index is -0.565. The molecule has 120 valence electrons. The zero-order valence-electron chi connectivity index (χ0n) is 12.2. The molecule has 0 aliphatic carbocycles. The van der Waals surface area contributed by atoms with Crippen molar-refractivity contribution >= 4 is 17.5 Å². The van der Waals surface area contributed by atoms with Crippen LogP contribution in [0.15, 0.2) is 24.4 Å². The third kappa shape index (κ3) is 2.49. The van der Waals surface area contributed by atoms with E-state index in [1.807, 2.05) is 4.68 Å². The van der Waals surface area contributed by atoms with Crippen molar-refractivity contribution in [1.82, 2.24) is 19.9 Å². The van der Waals surface area contributed by atoms with E-state index in [4.69, 9.17) is 16.3 Å². The van der Waals surface area contributed by atoms with E-state index in [9.17, 15) is 9.18 Å². The van der Waals surface area contributed by atoms with Crippen LogP contribution in [0.3, 0.4) is 0 Å². The Morgan fingerprint density at radius 2 is 2.30 bits per heavy atom. The molecule has 2 aliphatic rings. The van der Waals surface area contributed by atoms with E-state index in [1.54, 1.807) is 11.1 Å². The molecule has 0 spiro atoms. The molecule has 1 saturated heterocycles. The smallest absolute Gasteiger partial charge is 0.256 e. The van der Waals surface area contributed by atoms with Gasteiger partial charge in [-0.05, 0) is 24.6 Å². The van der Waals surface area contributed by atoms with Crippen molar-refractivity contribution < 1.29 is 13.9 Å². The molecule has 0 N–H and O–H groups in total. The topological polar surface area (TPSA) is 60.3 Å². The zero-order valence-corrected chi connectivity index (χ0v) is 12.9. The summed E-state index contributed by atoms with van der Waals surface area (Å²) in [6.45, 7) is 1.32. The molecule has 3 heterocycles. The van der Waals surface area contributed by atoms with E-state index in [1.165, 1.54) is 18.2 Å². The first-order chi connectivity index (χ1) is 11.1. The fourth-order valence-corrected chi connectivity index (χ4v) is 3.38. The number of amides is 1. The maximum atomic E-state index is 13.9. The summed E-state index contributed by atoms with van der Waals surface area (Å²) in [4.78, 5) is 14.2. The number of likely N-dealkylation sites (tertiary alicyclic amines) is 1. The van der Waals surface area contributed by atoms with E-state index in [-0.39, 0.29) is 23.6 Å². The Morgan fingerprint density at radius 1 is 1.43 bits per heavy atom. The number of aromatic nitrogens is 3. The number of rotatable bonds is 1. The number of halogens is 2. The number of carbonyl (C=O) groups is 1. The number of fused-ring (bicyclic) bond motifs is 3. The lowest BCUT2D eigenvalue weighted by Gasteiger charge is -2.41. The van der Waals surface area contributed by atoms with E-state index in [0.717, 1.165) is 5.69 Å². The Labute approximate surface area is 136 Å². The number of nitrogens with zero attached hydrogens (tertiary/aromatic N) is 4. The maximum Gasteiger partial charge on any atom is 0.256 e. The van der Waals surface area contributed by atoms with E-state index in [2.05, 4.69) is 10.3 Å². The average Bonchev–Trinajstić information content (AvgIpc) is 3.05. The largest absolute Gasteiger partial charge is 0.368 e. The Hall–Kier alpha value is -1.99. The summed E-state index contributed by atoms with van der Waals surface area (Å²) in [5.41, 5.74) is 0.931. The number of ether oxygens (including phenoxy) is 1. The van der Waals surface area contributed by atoms with Crippen LogP contribution in [0.25, 0.3) is 0 Å². The molecule has 2 aliphatic heterocycles. The van der Waals surface area contributed by atoms with Gasteiger partial charge in [0.05, 0.1) is 36.2 Å². The van der Waals surface area contributed by atoms with Crippen LogP contribution in [0, 0.1) is 5.82 Å². The van der Waals surface area contributed by atoms with Gasteiger partial charge in [-0.25, -0.2) is 9.07 Å². The van der Waals surface area contributed by atoms with Crippen molar-refractivity contribution in [2.24, 2.45) is 0 Å². The van der Waals surface area contributed by atoms with Crippen molar-refractivity contribution in [1.29, 1.82) is 0 Å². The maximum absolute atomic E-state index is 13.9. The molecule has 4 rings (SSSR count). The molecule has 1 fully saturated rings. The van der Waals surface area contributed by atoms with Crippen molar-refractivity contribution in [3.05, 3.63) is 46.5 Å². The second-order valence-electron chi connectivity index (χ2n) is 5.75. The second kappa shape index (κ2) is 5.58. The first-order valence-electron chi connectivity index (χ1n) is 7.38. The van der Waals surface area contributed by atoms with Gasteiger partial charge >= 0.3 is 0 Å². The van der Waals surface area contributed by atoms with E-state index < -0.39 is 5.82 Å². The summed E-state index contributed by atoms with van der Waals surface area (Å²) < 4.78 is 21.6. The lowest BCUT2D eigenvalue weighted by molar-refractivity contribution is -0.0628. The molecule has 23 heavy (non-hydrogen) atoms. The van der Waals surface area contributed by atoms with Crippen LogP contribution in [-0.2, 0) is 11.3 Å². The van der Waals surface area contributed by atoms with Gasteiger partial charge in [0.1, 0.15) is 5.82 Å². The Kier molecular flexibility index (Phi) is 3.54. The predicted molar refractivity (Wildman–Crippen MR) is 79.6 cm³/mol. The quantitative estimate of drug-likeness (QED) is 0.799. The Balaban J connectivity index is 1.55. The minimum absolute atomic E-state index is 0.00629. The third-order valence-electron chi connectivity index (χ3n) is 4.38. The summed E-state index contributed by atoms with van der Waals surface area (Å²) in [5, 5.41) is 8.35. The van der Waals surface area contributed by atoms with Crippen LogP contribution in [-0.4, -0.2) is 45.0 Å². The summed E-state index contributed by atoms with van der Waals surface area (Å²) >= 11 is 5.87. The second-order valence-corrected chi connectivity index (χ2v) is 6.19. The molecule has 0 radical (unpaired) electrons. The van der Waals surface area contributed by atoms with Crippen LogP contribution in [0.5, 0.6) is 0 Å². The SMILES string of the molecule is O=C(c1cc(Cl)ccc1F)N1CC[C@H]2[C@H](C1)OCc1cnnn12. The first kappa shape index (κ1) is 14.6. The average molecular weight is 337 g/mol.